The molecule has 0 saturated heterocycles. The molecule has 1 unspecified atom stereocenters. The van der Waals surface area contributed by atoms with Crippen LogP contribution in [-0.2, 0) is 22.4 Å². The quantitative estimate of drug-likeness (QED) is 0.377. The molecule has 2 N–H and O–H groups in total. The van der Waals surface area contributed by atoms with Crippen molar-refractivity contribution in [2.24, 2.45) is 0 Å². The molecule has 1 aliphatic rings. The fraction of sp³-hybridized carbons (Fsp3) is 0.364. The van der Waals surface area contributed by atoms with Gasteiger partial charge in [-0.05, 0) is 59.9 Å². The Hall–Kier alpha value is -2.87. The molecule has 6 nitrogen and oxygen atoms in total. The number of thiocarbonyl (C=S) groups is 1. The molecule has 0 amide bonds. The number of halogens is 1. The second-order valence-electron chi connectivity index (χ2n) is 6.89. The lowest BCUT2D eigenvalue weighted by molar-refractivity contribution is -0.142. The first-order chi connectivity index (χ1) is 14.5. The molecule has 1 atom stereocenters. The van der Waals surface area contributed by atoms with Gasteiger partial charge in [0.1, 0.15) is 12.4 Å². The SMILES string of the molecule is COc1ccc(CC(=O)OCCNC(=S)NC2CCc3c(F)cccc32)cc1OC. The zero-order valence-electron chi connectivity index (χ0n) is 17.0. The Kier molecular flexibility index (Phi) is 7.46. The van der Waals surface area contributed by atoms with Crippen molar-refractivity contribution in [3.8, 4) is 11.5 Å². The Morgan fingerprint density at radius 1 is 1.20 bits per heavy atom. The molecule has 0 fully saturated rings. The molecule has 8 heteroatoms. The van der Waals surface area contributed by atoms with Crippen LogP contribution >= 0.6 is 12.2 Å². The summed E-state index contributed by atoms with van der Waals surface area (Å²) in [6.45, 7) is 0.566. The highest BCUT2D eigenvalue weighted by molar-refractivity contribution is 7.80. The van der Waals surface area contributed by atoms with Crippen molar-refractivity contribution < 1.29 is 23.4 Å². The number of carbonyl (C=O) groups is 1. The van der Waals surface area contributed by atoms with Gasteiger partial charge in [-0.2, -0.15) is 0 Å². The Labute approximate surface area is 180 Å². The highest BCUT2D eigenvalue weighted by atomic mass is 32.1. The lowest BCUT2D eigenvalue weighted by atomic mass is 10.1. The molecular formula is C22H25FN2O4S. The van der Waals surface area contributed by atoms with Gasteiger partial charge in [-0.15, -0.1) is 0 Å². The van der Waals surface area contributed by atoms with Crippen LogP contribution in [0.25, 0.3) is 0 Å². The van der Waals surface area contributed by atoms with Crippen LogP contribution < -0.4 is 20.1 Å². The number of fused-ring (bicyclic) bond motifs is 1. The van der Waals surface area contributed by atoms with E-state index < -0.39 is 0 Å². The largest absolute Gasteiger partial charge is 0.493 e. The van der Waals surface area contributed by atoms with Gasteiger partial charge < -0.3 is 24.8 Å². The molecule has 0 aliphatic heterocycles. The van der Waals surface area contributed by atoms with E-state index in [9.17, 15) is 9.18 Å². The van der Waals surface area contributed by atoms with E-state index in [2.05, 4.69) is 10.6 Å². The fourth-order valence-electron chi connectivity index (χ4n) is 3.51. The maximum absolute atomic E-state index is 13.8. The zero-order valence-corrected chi connectivity index (χ0v) is 17.8. The number of nitrogens with one attached hydrogen (secondary N) is 2. The molecule has 2 aromatic rings. The minimum absolute atomic E-state index is 0.0108. The first-order valence-corrected chi connectivity index (χ1v) is 10.1. The van der Waals surface area contributed by atoms with Gasteiger partial charge in [-0.3, -0.25) is 4.79 Å². The minimum Gasteiger partial charge on any atom is -0.493 e. The van der Waals surface area contributed by atoms with Gasteiger partial charge in [0.25, 0.3) is 0 Å². The average molecular weight is 433 g/mol. The molecule has 30 heavy (non-hydrogen) atoms. The predicted molar refractivity (Wildman–Crippen MR) is 115 cm³/mol. The van der Waals surface area contributed by atoms with Crippen molar-refractivity contribution in [1.82, 2.24) is 10.6 Å². The van der Waals surface area contributed by atoms with Crippen LogP contribution in [-0.4, -0.2) is 38.5 Å². The molecule has 3 rings (SSSR count). The first-order valence-electron chi connectivity index (χ1n) is 9.70. The lowest BCUT2D eigenvalue weighted by Crippen LogP contribution is -2.38. The smallest absolute Gasteiger partial charge is 0.310 e. The van der Waals surface area contributed by atoms with E-state index in [0.29, 0.717) is 29.6 Å². The van der Waals surface area contributed by atoms with Crippen LogP contribution in [0.15, 0.2) is 36.4 Å². The van der Waals surface area contributed by atoms with Gasteiger partial charge in [0.05, 0.1) is 33.2 Å². The number of benzene rings is 2. The second kappa shape index (κ2) is 10.2. The van der Waals surface area contributed by atoms with Crippen LogP contribution in [0.4, 0.5) is 4.39 Å². The van der Waals surface area contributed by atoms with Crippen LogP contribution in [0, 0.1) is 5.82 Å². The van der Waals surface area contributed by atoms with Crippen molar-refractivity contribution in [2.75, 3.05) is 27.4 Å². The summed E-state index contributed by atoms with van der Waals surface area (Å²) in [4.78, 5) is 12.1. The van der Waals surface area contributed by atoms with E-state index in [1.54, 1.807) is 38.5 Å². The third kappa shape index (κ3) is 5.38. The normalized spacial score (nSPS) is 14.6. The first kappa shape index (κ1) is 21.8. The molecule has 0 aromatic heterocycles. The van der Waals surface area contributed by atoms with Crippen molar-refractivity contribution in [1.29, 1.82) is 0 Å². The van der Waals surface area contributed by atoms with Crippen LogP contribution in [0.3, 0.4) is 0 Å². The number of hydrogen-bond acceptors (Lipinski definition) is 5. The third-order valence-electron chi connectivity index (χ3n) is 4.97. The van der Waals surface area contributed by atoms with Crippen LogP contribution in [0.1, 0.15) is 29.2 Å². The lowest BCUT2D eigenvalue weighted by Gasteiger charge is -2.17. The molecule has 2 aromatic carbocycles. The van der Waals surface area contributed by atoms with E-state index >= 15 is 0 Å². The topological polar surface area (TPSA) is 68.8 Å². The molecule has 0 bridgehead atoms. The van der Waals surface area contributed by atoms with Crippen molar-refractivity contribution >= 4 is 23.3 Å². The Balaban J connectivity index is 1.39. The molecule has 0 saturated carbocycles. The molecule has 0 radical (unpaired) electrons. The van der Waals surface area contributed by atoms with E-state index in [4.69, 9.17) is 26.4 Å². The van der Waals surface area contributed by atoms with Gasteiger partial charge in [-0.1, -0.05) is 18.2 Å². The van der Waals surface area contributed by atoms with Gasteiger partial charge >= 0.3 is 5.97 Å². The maximum atomic E-state index is 13.8. The van der Waals surface area contributed by atoms with E-state index in [-0.39, 0.29) is 30.9 Å². The van der Waals surface area contributed by atoms with Crippen molar-refractivity contribution in [3.63, 3.8) is 0 Å². The molecular weight excluding hydrogens is 407 g/mol. The summed E-state index contributed by atoms with van der Waals surface area (Å²) in [7, 11) is 3.10. The standard InChI is InChI=1S/C22H25FN2O4S/c1-27-19-9-6-14(12-20(19)28-2)13-21(26)29-11-10-24-22(30)25-18-8-7-15-16(18)4-3-5-17(15)23/h3-6,9,12,18H,7-8,10-11,13H2,1-2H3,(H2,24,25,30). The number of ether oxygens (including phenoxy) is 3. The third-order valence-corrected chi connectivity index (χ3v) is 5.23. The molecule has 160 valence electrons. The van der Waals surface area contributed by atoms with Gasteiger partial charge in [0.15, 0.2) is 16.6 Å². The Morgan fingerprint density at radius 2 is 2.00 bits per heavy atom. The summed E-state index contributed by atoms with van der Waals surface area (Å²) in [6.07, 6.45) is 1.61. The summed E-state index contributed by atoms with van der Waals surface area (Å²) in [5.41, 5.74) is 2.47. The highest BCUT2D eigenvalue weighted by Crippen LogP contribution is 2.32. The van der Waals surface area contributed by atoms with Gasteiger partial charge in [0, 0.05) is 0 Å². The summed E-state index contributed by atoms with van der Waals surface area (Å²) < 4.78 is 29.5. The van der Waals surface area contributed by atoms with Crippen molar-refractivity contribution in [3.05, 3.63) is 58.9 Å². The predicted octanol–water partition coefficient (Wildman–Crippen LogP) is 3.08. The minimum atomic E-state index is -0.344. The van der Waals surface area contributed by atoms with Crippen LogP contribution in [0.5, 0.6) is 11.5 Å². The monoisotopic (exact) mass is 432 g/mol. The van der Waals surface area contributed by atoms with E-state index in [1.165, 1.54) is 6.07 Å². The zero-order chi connectivity index (χ0) is 21.5. The summed E-state index contributed by atoms with van der Waals surface area (Å²) in [5.74, 6) is 0.655. The highest BCUT2D eigenvalue weighted by Gasteiger charge is 2.25. The number of carbonyl (C=O) groups excluding carboxylic acids is 1. The van der Waals surface area contributed by atoms with Gasteiger partial charge in [-0.25, -0.2) is 4.39 Å². The second-order valence-corrected chi connectivity index (χ2v) is 7.29. The Bertz CT molecular complexity index is 922. The molecule has 1 aliphatic carbocycles. The summed E-state index contributed by atoms with van der Waals surface area (Å²) >= 11 is 5.31. The molecule has 0 spiro atoms. The number of methoxy groups -OCH3 is 2. The summed E-state index contributed by atoms with van der Waals surface area (Å²) in [5, 5.41) is 6.67. The number of hydrogen-bond donors (Lipinski definition) is 2. The fourth-order valence-corrected chi connectivity index (χ4v) is 3.75. The summed E-state index contributed by atoms with van der Waals surface area (Å²) in [6, 6.07) is 10.4. The van der Waals surface area contributed by atoms with Crippen molar-refractivity contribution in [2.45, 2.75) is 25.3 Å². The van der Waals surface area contributed by atoms with Crippen LogP contribution in [0.2, 0.25) is 0 Å². The average Bonchev–Trinajstić information content (AvgIpc) is 3.15. The Morgan fingerprint density at radius 3 is 2.77 bits per heavy atom. The molecule has 0 heterocycles. The maximum Gasteiger partial charge on any atom is 0.310 e. The number of esters is 1. The van der Waals surface area contributed by atoms with Gasteiger partial charge in [0.2, 0.25) is 0 Å². The van der Waals surface area contributed by atoms with E-state index in [1.807, 2.05) is 6.07 Å². The van der Waals surface area contributed by atoms with E-state index in [0.717, 1.165) is 23.1 Å². The number of rotatable bonds is 8.